The lowest BCUT2D eigenvalue weighted by molar-refractivity contribution is -0.145. The van der Waals surface area contributed by atoms with Gasteiger partial charge < -0.3 is 14.0 Å². The molecule has 2 aliphatic heterocycles. The van der Waals surface area contributed by atoms with Crippen molar-refractivity contribution in [3.8, 4) is 0 Å². The fourth-order valence-electron chi connectivity index (χ4n) is 5.95. The third-order valence-corrected chi connectivity index (χ3v) is 7.54. The first-order valence-electron chi connectivity index (χ1n) is 13.6. The van der Waals surface area contributed by atoms with E-state index in [1.165, 1.54) is 14.0 Å². The van der Waals surface area contributed by atoms with E-state index in [2.05, 4.69) is 4.57 Å². The summed E-state index contributed by atoms with van der Waals surface area (Å²) in [5.74, 6) is -2.37. The van der Waals surface area contributed by atoms with Gasteiger partial charge >= 0.3 is 12.1 Å². The second-order valence-corrected chi connectivity index (χ2v) is 11.3. The number of aromatic nitrogens is 1. The van der Waals surface area contributed by atoms with Gasteiger partial charge in [-0.15, -0.1) is 0 Å². The quantitative estimate of drug-likeness (QED) is 0.330. The molecule has 0 aliphatic carbocycles. The summed E-state index contributed by atoms with van der Waals surface area (Å²) < 4.78 is 12.8. The summed E-state index contributed by atoms with van der Waals surface area (Å²) in [5, 5.41) is 0.799. The number of hydrogen-bond acceptors (Lipinski definition) is 7. The summed E-state index contributed by atoms with van der Waals surface area (Å²) in [6.07, 6.45) is 0.362. The molecule has 0 radical (unpaired) electrons. The van der Waals surface area contributed by atoms with Crippen LogP contribution >= 0.6 is 0 Å². The first-order chi connectivity index (χ1) is 19.4. The first-order valence-corrected chi connectivity index (χ1v) is 13.6. The van der Waals surface area contributed by atoms with Crippen LogP contribution in [0.15, 0.2) is 48.5 Å². The lowest BCUT2D eigenvalue weighted by Crippen LogP contribution is -2.47. The van der Waals surface area contributed by atoms with Gasteiger partial charge in [-0.1, -0.05) is 30.3 Å². The van der Waals surface area contributed by atoms with E-state index in [1.807, 2.05) is 24.3 Å². The number of esters is 1. The highest BCUT2D eigenvalue weighted by Crippen LogP contribution is 2.41. The molecule has 1 aromatic heterocycles. The molecule has 10 heteroatoms. The lowest BCUT2D eigenvalue weighted by atomic mass is 9.94. The molecule has 2 aliphatic rings. The van der Waals surface area contributed by atoms with E-state index in [0.29, 0.717) is 30.6 Å². The van der Waals surface area contributed by atoms with Gasteiger partial charge in [0.1, 0.15) is 11.6 Å². The van der Waals surface area contributed by atoms with Crippen molar-refractivity contribution >= 4 is 40.7 Å². The number of fused-ring (bicyclic) bond motifs is 4. The minimum Gasteiger partial charge on any atom is -0.467 e. The highest BCUT2D eigenvalue weighted by molar-refractivity contribution is 6.22. The molecular formula is C31H33N3O7. The van der Waals surface area contributed by atoms with Crippen molar-refractivity contribution in [3.63, 3.8) is 0 Å². The van der Waals surface area contributed by atoms with E-state index in [1.54, 1.807) is 45.0 Å². The zero-order valence-corrected chi connectivity index (χ0v) is 23.8. The van der Waals surface area contributed by atoms with Gasteiger partial charge in [0.05, 0.1) is 24.3 Å². The molecule has 0 saturated carbocycles. The Morgan fingerprint density at radius 3 is 2.20 bits per heavy atom. The zero-order valence-electron chi connectivity index (χ0n) is 23.8. The highest BCUT2D eigenvalue weighted by atomic mass is 16.6. The second kappa shape index (κ2) is 10.5. The van der Waals surface area contributed by atoms with Crippen molar-refractivity contribution in [3.05, 3.63) is 70.9 Å². The fourth-order valence-corrected chi connectivity index (χ4v) is 5.95. The van der Waals surface area contributed by atoms with Crippen LogP contribution in [-0.2, 0) is 32.0 Å². The molecule has 0 unspecified atom stereocenters. The summed E-state index contributed by atoms with van der Waals surface area (Å²) in [6.45, 7) is 7.14. The molecular weight excluding hydrogens is 526 g/mol. The predicted molar refractivity (Wildman–Crippen MR) is 149 cm³/mol. The predicted octanol–water partition coefficient (Wildman–Crippen LogP) is 4.64. The van der Waals surface area contributed by atoms with Gasteiger partial charge in [0.25, 0.3) is 11.8 Å². The molecule has 0 saturated heterocycles. The van der Waals surface area contributed by atoms with Crippen LogP contribution in [-0.4, -0.2) is 62.9 Å². The maximum absolute atomic E-state index is 13.4. The van der Waals surface area contributed by atoms with Gasteiger partial charge in [-0.05, 0) is 57.4 Å². The molecule has 10 nitrogen and oxygen atoms in total. The van der Waals surface area contributed by atoms with Crippen LogP contribution in [0.3, 0.4) is 0 Å². The topological polar surface area (TPSA) is 115 Å². The molecule has 0 spiro atoms. The van der Waals surface area contributed by atoms with Crippen LogP contribution in [0.1, 0.15) is 78.6 Å². The number of carbonyl (C=O) groups is 5. The minimum absolute atomic E-state index is 0.0580. The molecule has 5 rings (SSSR count). The number of imide groups is 2. The first kappa shape index (κ1) is 28.1. The van der Waals surface area contributed by atoms with Crippen molar-refractivity contribution in [2.45, 2.75) is 71.2 Å². The number of benzene rings is 2. The van der Waals surface area contributed by atoms with Crippen molar-refractivity contribution in [1.29, 1.82) is 0 Å². The monoisotopic (exact) mass is 559 g/mol. The minimum atomic E-state index is -1.27. The smallest absolute Gasteiger partial charge is 0.417 e. The van der Waals surface area contributed by atoms with Gasteiger partial charge in [-0.2, -0.15) is 0 Å². The van der Waals surface area contributed by atoms with E-state index in [4.69, 9.17) is 9.47 Å². The lowest BCUT2D eigenvalue weighted by Gasteiger charge is -2.35. The number of nitrogens with zero attached hydrogens (tertiary/aromatic N) is 3. The number of rotatable bonds is 5. The Morgan fingerprint density at radius 2 is 1.61 bits per heavy atom. The van der Waals surface area contributed by atoms with Crippen molar-refractivity contribution in [2.24, 2.45) is 0 Å². The van der Waals surface area contributed by atoms with E-state index in [-0.39, 0.29) is 17.5 Å². The molecule has 41 heavy (non-hydrogen) atoms. The summed E-state index contributed by atoms with van der Waals surface area (Å²) in [5.41, 5.74) is 1.81. The van der Waals surface area contributed by atoms with Crippen LogP contribution in [0.25, 0.3) is 10.9 Å². The standard InChI is InChI=1S/C31H33N3O7/c1-18(35)33(30(39)41-31(2,3)4)24-15-10-16-32-23-14-9-8-11-19(23)22(26(24)32)17-25(29(38)40-5)34-27(36)20-12-6-7-13-21(20)28(34)37/h6-9,11-14,24-25H,10,15-17H2,1-5H3/t24-,25-/m0/s1. The summed E-state index contributed by atoms with van der Waals surface area (Å²) in [4.78, 5) is 68.4. The Bertz CT molecular complexity index is 1550. The average molecular weight is 560 g/mol. The number of carbonyl (C=O) groups excluding carboxylic acids is 5. The Morgan fingerprint density at radius 1 is 1.00 bits per heavy atom. The Labute approximate surface area is 237 Å². The van der Waals surface area contributed by atoms with Crippen LogP contribution in [0.4, 0.5) is 4.79 Å². The molecule has 0 N–H and O–H groups in total. The van der Waals surface area contributed by atoms with E-state index in [9.17, 15) is 24.0 Å². The van der Waals surface area contributed by atoms with Gasteiger partial charge in [-0.3, -0.25) is 19.3 Å². The maximum atomic E-state index is 13.4. The van der Waals surface area contributed by atoms with E-state index in [0.717, 1.165) is 20.7 Å². The van der Waals surface area contributed by atoms with Crippen molar-refractivity contribution in [2.75, 3.05) is 7.11 Å². The Kier molecular flexibility index (Phi) is 7.19. The molecule has 4 amide bonds. The molecule has 3 aromatic rings. The third-order valence-electron chi connectivity index (χ3n) is 7.54. The molecule has 214 valence electrons. The summed E-state index contributed by atoms with van der Waals surface area (Å²) >= 11 is 0. The second-order valence-electron chi connectivity index (χ2n) is 11.3. The largest absolute Gasteiger partial charge is 0.467 e. The number of ether oxygens (including phenoxy) is 2. The molecule has 2 aromatic carbocycles. The van der Waals surface area contributed by atoms with Crippen LogP contribution in [0.5, 0.6) is 0 Å². The average Bonchev–Trinajstić information content (AvgIpc) is 3.37. The number of para-hydroxylation sites is 1. The molecule has 3 heterocycles. The number of hydrogen-bond donors (Lipinski definition) is 0. The number of amides is 4. The highest BCUT2D eigenvalue weighted by Gasteiger charge is 2.45. The zero-order chi connectivity index (χ0) is 29.6. The maximum Gasteiger partial charge on any atom is 0.417 e. The van der Waals surface area contributed by atoms with Crippen LogP contribution in [0.2, 0.25) is 0 Å². The van der Waals surface area contributed by atoms with Crippen molar-refractivity contribution < 1.29 is 33.4 Å². The molecule has 0 fully saturated rings. The summed E-state index contributed by atoms with van der Waals surface area (Å²) in [6, 6.07) is 12.1. The fraction of sp³-hybridized carbons (Fsp3) is 0.387. The summed E-state index contributed by atoms with van der Waals surface area (Å²) in [7, 11) is 1.21. The van der Waals surface area contributed by atoms with Gasteiger partial charge in [0.15, 0.2) is 0 Å². The van der Waals surface area contributed by atoms with Gasteiger partial charge in [0, 0.05) is 36.5 Å². The third kappa shape index (κ3) is 4.87. The van der Waals surface area contributed by atoms with Gasteiger partial charge in [0.2, 0.25) is 5.91 Å². The normalized spacial score (nSPS) is 17.2. The number of methoxy groups -OCH3 is 1. The number of aryl methyl sites for hydroxylation is 1. The van der Waals surface area contributed by atoms with Crippen LogP contribution in [0, 0.1) is 0 Å². The SMILES string of the molecule is COC(=O)[C@H](Cc1c2n(c3ccccc13)CCC[C@@H]2N(C(C)=O)C(=O)OC(C)(C)C)N1C(=O)c2ccccc2C1=O. The van der Waals surface area contributed by atoms with Crippen molar-refractivity contribution in [1.82, 2.24) is 14.4 Å². The Balaban J connectivity index is 1.65. The molecule has 0 bridgehead atoms. The van der Waals surface area contributed by atoms with E-state index < -0.39 is 47.5 Å². The Hall–Kier alpha value is -4.47. The van der Waals surface area contributed by atoms with Gasteiger partial charge in [-0.25, -0.2) is 14.5 Å². The molecule has 2 atom stereocenters. The van der Waals surface area contributed by atoms with Crippen LogP contribution < -0.4 is 0 Å². The van der Waals surface area contributed by atoms with E-state index >= 15 is 0 Å².